The molecule has 17 heavy (non-hydrogen) atoms. The highest BCUT2D eigenvalue weighted by atomic mass is 19.3. The lowest BCUT2D eigenvalue weighted by Gasteiger charge is -2.07. The van der Waals surface area contributed by atoms with Gasteiger partial charge in [-0.3, -0.25) is 0 Å². The van der Waals surface area contributed by atoms with E-state index in [-0.39, 0.29) is 5.75 Å². The van der Waals surface area contributed by atoms with Crippen molar-refractivity contribution in [3.8, 4) is 5.75 Å². The summed E-state index contributed by atoms with van der Waals surface area (Å²) >= 11 is 0. The Bertz CT molecular complexity index is 531. The van der Waals surface area contributed by atoms with Crippen LogP contribution in [0.4, 0.5) is 8.78 Å². The van der Waals surface area contributed by atoms with E-state index in [4.69, 9.17) is 10.0 Å². The lowest BCUT2D eigenvalue weighted by atomic mass is 9.79. The summed E-state index contributed by atoms with van der Waals surface area (Å²) in [6, 6.07) is 9.16. The van der Waals surface area contributed by atoms with Crippen LogP contribution in [0.15, 0.2) is 36.4 Å². The van der Waals surface area contributed by atoms with Crippen molar-refractivity contribution < 1.29 is 23.6 Å². The number of halogens is 2. The summed E-state index contributed by atoms with van der Waals surface area (Å²) in [4.78, 5) is 0. The largest absolute Gasteiger partial charge is 0.488 e. The fourth-order valence-corrected chi connectivity index (χ4v) is 1.58. The monoisotopic (exact) mass is 238 g/mol. The first-order chi connectivity index (χ1) is 8.06. The molecule has 2 N–H and O–H groups in total. The maximum Gasteiger partial charge on any atom is 0.488 e. The van der Waals surface area contributed by atoms with E-state index < -0.39 is 13.7 Å². The van der Waals surface area contributed by atoms with Crippen molar-refractivity contribution in [2.75, 3.05) is 0 Å². The lowest BCUT2D eigenvalue weighted by Crippen LogP contribution is -2.29. The number of rotatable bonds is 3. The second kappa shape index (κ2) is 4.69. The molecule has 0 saturated carbocycles. The van der Waals surface area contributed by atoms with Gasteiger partial charge in [-0.25, -0.2) is 0 Å². The van der Waals surface area contributed by atoms with Gasteiger partial charge in [0.15, 0.2) is 0 Å². The molecular formula is C11H9BF2O3. The maximum absolute atomic E-state index is 12.0. The van der Waals surface area contributed by atoms with Gasteiger partial charge < -0.3 is 14.8 Å². The highest BCUT2D eigenvalue weighted by Crippen LogP contribution is 2.21. The van der Waals surface area contributed by atoms with E-state index >= 15 is 0 Å². The quantitative estimate of drug-likeness (QED) is 0.787. The third-order valence-corrected chi connectivity index (χ3v) is 2.36. The van der Waals surface area contributed by atoms with Crippen LogP contribution in [-0.2, 0) is 0 Å². The fraction of sp³-hybridized carbons (Fsp3) is 0.0909. The van der Waals surface area contributed by atoms with Gasteiger partial charge in [0, 0.05) is 0 Å². The average molecular weight is 238 g/mol. The Morgan fingerprint density at radius 1 is 1.00 bits per heavy atom. The van der Waals surface area contributed by atoms with E-state index in [1.54, 1.807) is 18.2 Å². The normalized spacial score (nSPS) is 10.9. The summed E-state index contributed by atoms with van der Waals surface area (Å²) < 4.78 is 28.3. The molecule has 2 rings (SSSR count). The van der Waals surface area contributed by atoms with Crippen molar-refractivity contribution in [2.24, 2.45) is 0 Å². The number of ether oxygens (including phenoxy) is 1. The molecule has 88 valence electrons. The molecular weight excluding hydrogens is 229 g/mol. The predicted molar refractivity (Wildman–Crippen MR) is 60.4 cm³/mol. The highest BCUT2D eigenvalue weighted by molar-refractivity contribution is 6.58. The Labute approximate surface area is 96.4 Å². The minimum atomic E-state index is -2.86. The number of alkyl halides is 2. The molecule has 0 radical (unpaired) electrons. The fourth-order valence-electron chi connectivity index (χ4n) is 1.58. The van der Waals surface area contributed by atoms with Gasteiger partial charge in [0.25, 0.3) is 0 Å². The Morgan fingerprint density at radius 3 is 2.29 bits per heavy atom. The van der Waals surface area contributed by atoms with E-state index in [1.165, 1.54) is 18.2 Å². The molecule has 0 unspecified atom stereocenters. The van der Waals surface area contributed by atoms with Crippen molar-refractivity contribution in [3.63, 3.8) is 0 Å². The Hall–Kier alpha value is -1.66. The van der Waals surface area contributed by atoms with Crippen molar-refractivity contribution in [3.05, 3.63) is 36.4 Å². The molecule has 0 aromatic heterocycles. The zero-order chi connectivity index (χ0) is 12.4. The van der Waals surface area contributed by atoms with E-state index in [1.807, 2.05) is 0 Å². The lowest BCUT2D eigenvalue weighted by molar-refractivity contribution is -0.0497. The topological polar surface area (TPSA) is 49.7 Å². The molecule has 0 aliphatic heterocycles. The van der Waals surface area contributed by atoms with Crippen LogP contribution in [0.1, 0.15) is 0 Å². The molecule has 0 fully saturated rings. The van der Waals surface area contributed by atoms with Crippen LogP contribution in [0, 0.1) is 0 Å². The zero-order valence-corrected chi connectivity index (χ0v) is 8.68. The molecule has 6 heteroatoms. The predicted octanol–water partition coefficient (Wildman–Crippen LogP) is 1.12. The molecule has 2 aromatic carbocycles. The van der Waals surface area contributed by atoms with Crippen molar-refractivity contribution in [2.45, 2.75) is 6.61 Å². The molecule has 2 aromatic rings. The first-order valence-corrected chi connectivity index (χ1v) is 4.91. The number of benzene rings is 2. The summed E-state index contributed by atoms with van der Waals surface area (Å²) in [6.07, 6.45) is 0. The summed E-state index contributed by atoms with van der Waals surface area (Å²) in [6.45, 7) is -2.86. The molecule has 0 aliphatic rings. The van der Waals surface area contributed by atoms with Gasteiger partial charge in [0.1, 0.15) is 5.75 Å². The van der Waals surface area contributed by atoms with Crippen molar-refractivity contribution in [1.82, 2.24) is 0 Å². The van der Waals surface area contributed by atoms with Gasteiger partial charge in [-0.05, 0) is 28.4 Å². The maximum atomic E-state index is 12.0. The van der Waals surface area contributed by atoms with E-state index in [2.05, 4.69) is 4.74 Å². The molecule has 0 aliphatic carbocycles. The van der Waals surface area contributed by atoms with Gasteiger partial charge in [-0.1, -0.05) is 24.3 Å². The van der Waals surface area contributed by atoms with Gasteiger partial charge in [-0.15, -0.1) is 0 Å². The average Bonchev–Trinajstić information content (AvgIpc) is 2.27. The first-order valence-electron chi connectivity index (χ1n) is 4.91. The van der Waals surface area contributed by atoms with Crippen LogP contribution in [0.5, 0.6) is 5.75 Å². The van der Waals surface area contributed by atoms with Crippen LogP contribution < -0.4 is 10.2 Å². The van der Waals surface area contributed by atoms with Gasteiger partial charge in [-0.2, -0.15) is 8.78 Å². The molecule has 0 spiro atoms. The van der Waals surface area contributed by atoms with Crippen molar-refractivity contribution in [1.29, 1.82) is 0 Å². The van der Waals surface area contributed by atoms with E-state index in [0.29, 0.717) is 10.8 Å². The number of hydrogen-bond donors (Lipinski definition) is 2. The van der Waals surface area contributed by atoms with Gasteiger partial charge >= 0.3 is 13.7 Å². The van der Waals surface area contributed by atoms with Crippen LogP contribution in [-0.4, -0.2) is 23.8 Å². The van der Waals surface area contributed by atoms with Crippen LogP contribution in [0.25, 0.3) is 10.8 Å². The Kier molecular flexibility index (Phi) is 3.26. The van der Waals surface area contributed by atoms with Crippen LogP contribution in [0.2, 0.25) is 0 Å². The smallest absolute Gasteiger partial charge is 0.435 e. The van der Waals surface area contributed by atoms with Gasteiger partial charge in [0.2, 0.25) is 0 Å². The summed E-state index contributed by atoms with van der Waals surface area (Å²) in [5.74, 6) is 0.0739. The molecule has 3 nitrogen and oxygen atoms in total. The standard InChI is InChI=1S/C11H9BF2O3/c13-11(14)17-10-4-2-7-5-9(12(15)16)3-1-8(7)6-10/h1-6,11,15-16H. The Balaban J connectivity index is 2.39. The Morgan fingerprint density at radius 2 is 1.65 bits per heavy atom. The zero-order valence-electron chi connectivity index (χ0n) is 8.68. The van der Waals surface area contributed by atoms with Crippen molar-refractivity contribution >= 4 is 23.4 Å². The van der Waals surface area contributed by atoms with Crippen LogP contribution in [0.3, 0.4) is 0 Å². The molecule has 0 heterocycles. The molecule has 0 bridgehead atoms. The molecule has 0 atom stereocenters. The van der Waals surface area contributed by atoms with E-state index in [0.717, 1.165) is 5.39 Å². The number of hydrogen-bond acceptors (Lipinski definition) is 3. The summed E-state index contributed by atoms with van der Waals surface area (Å²) in [5.41, 5.74) is 0.347. The summed E-state index contributed by atoms with van der Waals surface area (Å²) in [5, 5.41) is 19.4. The minimum absolute atomic E-state index is 0.0739. The second-order valence-electron chi connectivity index (χ2n) is 3.52. The van der Waals surface area contributed by atoms with E-state index in [9.17, 15) is 8.78 Å². The van der Waals surface area contributed by atoms with Gasteiger partial charge in [0.05, 0.1) is 0 Å². The SMILES string of the molecule is OB(O)c1ccc2cc(OC(F)F)ccc2c1. The summed E-state index contributed by atoms with van der Waals surface area (Å²) in [7, 11) is -1.55. The minimum Gasteiger partial charge on any atom is -0.435 e. The third-order valence-electron chi connectivity index (χ3n) is 2.36. The first kappa shape index (κ1) is 11.8. The molecule has 0 saturated heterocycles. The number of fused-ring (bicyclic) bond motifs is 1. The third kappa shape index (κ3) is 2.72. The van der Waals surface area contributed by atoms with Crippen LogP contribution >= 0.6 is 0 Å². The highest BCUT2D eigenvalue weighted by Gasteiger charge is 2.11. The molecule has 0 amide bonds. The second-order valence-corrected chi connectivity index (χ2v) is 3.52.